The summed E-state index contributed by atoms with van der Waals surface area (Å²) in [7, 11) is 0. The van der Waals surface area contributed by atoms with Crippen molar-refractivity contribution in [2.24, 2.45) is 0 Å². The molecule has 0 radical (unpaired) electrons. The summed E-state index contributed by atoms with van der Waals surface area (Å²) in [6, 6.07) is 0. The molecule has 0 spiro atoms. The van der Waals surface area contributed by atoms with Crippen LogP contribution in [-0.2, 0) is 0 Å². The maximum absolute atomic E-state index is 11.0. The Morgan fingerprint density at radius 2 is 1.48 bits per heavy atom. The van der Waals surface area contributed by atoms with Gasteiger partial charge in [0.25, 0.3) is 0 Å². The summed E-state index contributed by atoms with van der Waals surface area (Å²) in [6.07, 6.45) is 1.41. The van der Waals surface area contributed by atoms with Gasteiger partial charge in [-0.25, -0.2) is 0 Å². The molecule has 0 fully saturated rings. The first-order valence-corrected chi connectivity index (χ1v) is 7.06. The van der Waals surface area contributed by atoms with E-state index in [1.807, 2.05) is 20.8 Å². The van der Waals surface area contributed by atoms with E-state index in [0.717, 1.165) is 16.7 Å². The van der Waals surface area contributed by atoms with Crippen LogP contribution >= 0.6 is 0 Å². The number of aliphatic hydroxyl groups excluding tert-OH is 2. The van der Waals surface area contributed by atoms with Crippen LogP contribution in [0.25, 0.3) is 0 Å². The van der Waals surface area contributed by atoms with Crippen molar-refractivity contribution in [2.75, 3.05) is 0 Å². The topological polar surface area (TPSA) is 60.7 Å². The highest BCUT2D eigenvalue weighted by atomic mass is 16.3. The van der Waals surface area contributed by atoms with Crippen LogP contribution in [0.1, 0.15) is 46.5 Å². The van der Waals surface area contributed by atoms with Crippen molar-refractivity contribution in [3.05, 3.63) is 59.1 Å². The third-order valence-electron chi connectivity index (χ3n) is 3.50. The Hall–Kier alpha value is -1.74. The first-order valence-electron chi connectivity index (χ1n) is 7.06. The number of rotatable bonds is 6. The molecule has 0 aromatic heterocycles. The van der Waals surface area contributed by atoms with Gasteiger partial charge in [-0.05, 0) is 39.2 Å². The van der Waals surface area contributed by atoms with Crippen LogP contribution in [0, 0.1) is 0 Å². The lowest BCUT2D eigenvalue weighted by molar-refractivity contribution is 0.0635. The van der Waals surface area contributed by atoms with Crippen molar-refractivity contribution in [3.63, 3.8) is 0 Å². The fraction of sp³-hybridized carbons (Fsp3) is 0.444. The van der Waals surface area contributed by atoms with Gasteiger partial charge in [-0.2, -0.15) is 0 Å². The lowest BCUT2D eigenvalue weighted by atomic mass is 9.74. The molecule has 0 amide bonds. The van der Waals surface area contributed by atoms with Crippen molar-refractivity contribution >= 4 is 0 Å². The zero-order valence-corrected chi connectivity index (χ0v) is 13.3. The van der Waals surface area contributed by atoms with E-state index in [1.165, 1.54) is 0 Å². The van der Waals surface area contributed by atoms with Gasteiger partial charge in [0.15, 0.2) is 11.5 Å². The van der Waals surface area contributed by atoms with E-state index in [4.69, 9.17) is 0 Å². The molecule has 3 nitrogen and oxygen atoms in total. The Morgan fingerprint density at radius 1 is 0.952 bits per heavy atom. The average Bonchev–Trinajstić information content (AvgIpc) is 2.29. The minimum absolute atomic E-state index is 0.138. The summed E-state index contributed by atoms with van der Waals surface area (Å²) in [5.41, 5.74) is 2.29. The Bertz CT molecular complexity index is 549. The molecule has 0 aliphatic heterocycles. The molecule has 0 saturated heterocycles. The normalized spacial score (nSPS) is 22.5. The predicted molar refractivity (Wildman–Crippen MR) is 87.2 cm³/mol. The van der Waals surface area contributed by atoms with Crippen LogP contribution in [0.15, 0.2) is 59.1 Å². The van der Waals surface area contributed by atoms with Crippen molar-refractivity contribution in [1.29, 1.82) is 0 Å². The molecule has 1 rings (SSSR count). The molecule has 116 valence electrons. The second-order valence-corrected chi connectivity index (χ2v) is 6.39. The van der Waals surface area contributed by atoms with Crippen molar-refractivity contribution in [1.82, 2.24) is 0 Å². The van der Waals surface area contributed by atoms with Crippen LogP contribution in [0.5, 0.6) is 0 Å². The molecule has 1 atom stereocenters. The van der Waals surface area contributed by atoms with Crippen molar-refractivity contribution in [2.45, 2.75) is 52.1 Å². The standard InChI is InChI=1S/C18H26O3/c1-11(2)7-14-10-18(21,9-13(5)6)15(8-12(3)4)17(20)16(14)19/h19-21H,1,3,5,7-10H2,2,4,6H3. The summed E-state index contributed by atoms with van der Waals surface area (Å²) in [5.74, 6) is -0.370. The zero-order chi connectivity index (χ0) is 16.4. The summed E-state index contributed by atoms with van der Waals surface area (Å²) in [5, 5.41) is 31.6. The molecule has 0 aromatic carbocycles. The smallest absolute Gasteiger partial charge is 0.159 e. The van der Waals surface area contributed by atoms with Gasteiger partial charge in [0, 0.05) is 18.4 Å². The van der Waals surface area contributed by atoms with Gasteiger partial charge in [-0.1, -0.05) is 29.9 Å². The molecule has 1 unspecified atom stereocenters. The quantitative estimate of drug-likeness (QED) is 0.624. The first-order chi connectivity index (χ1) is 9.56. The Morgan fingerprint density at radius 3 is 1.90 bits per heavy atom. The minimum Gasteiger partial charge on any atom is -0.504 e. The fourth-order valence-corrected chi connectivity index (χ4v) is 2.80. The Kier molecular flexibility index (Phi) is 5.24. The van der Waals surface area contributed by atoms with Gasteiger partial charge in [0.05, 0.1) is 5.60 Å². The minimum atomic E-state index is -1.23. The van der Waals surface area contributed by atoms with Gasteiger partial charge in [0.2, 0.25) is 0 Å². The lowest BCUT2D eigenvalue weighted by Crippen LogP contribution is -2.36. The fourth-order valence-electron chi connectivity index (χ4n) is 2.80. The van der Waals surface area contributed by atoms with Crippen molar-refractivity contribution in [3.8, 4) is 0 Å². The van der Waals surface area contributed by atoms with Gasteiger partial charge in [-0.15, -0.1) is 6.58 Å². The highest BCUT2D eigenvalue weighted by molar-refractivity contribution is 5.43. The predicted octanol–water partition coefficient (Wildman–Crippen LogP) is 4.64. The first kappa shape index (κ1) is 17.3. The highest BCUT2D eigenvalue weighted by Crippen LogP contribution is 2.43. The zero-order valence-electron chi connectivity index (χ0n) is 13.3. The second-order valence-electron chi connectivity index (χ2n) is 6.39. The molecule has 1 aliphatic rings. The largest absolute Gasteiger partial charge is 0.504 e. The van der Waals surface area contributed by atoms with E-state index in [0.29, 0.717) is 30.4 Å². The highest BCUT2D eigenvalue weighted by Gasteiger charge is 2.40. The summed E-state index contributed by atoms with van der Waals surface area (Å²) in [4.78, 5) is 0. The van der Waals surface area contributed by atoms with E-state index in [9.17, 15) is 15.3 Å². The third-order valence-corrected chi connectivity index (χ3v) is 3.50. The number of allylic oxidation sites excluding steroid dienone is 2. The van der Waals surface area contributed by atoms with Crippen LogP contribution < -0.4 is 0 Å². The molecule has 1 aliphatic carbocycles. The third kappa shape index (κ3) is 4.11. The molecular formula is C18H26O3. The molecule has 0 bridgehead atoms. The molecule has 0 saturated carbocycles. The van der Waals surface area contributed by atoms with Gasteiger partial charge >= 0.3 is 0 Å². The van der Waals surface area contributed by atoms with E-state index in [1.54, 1.807) is 0 Å². The second kappa shape index (κ2) is 6.35. The van der Waals surface area contributed by atoms with E-state index in [-0.39, 0.29) is 17.9 Å². The molecule has 3 N–H and O–H groups in total. The van der Waals surface area contributed by atoms with Crippen LogP contribution in [0.4, 0.5) is 0 Å². The van der Waals surface area contributed by atoms with Gasteiger partial charge < -0.3 is 15.3 Å². The molecule has 0 aromatic rings. The Balaban J connectivity index is 3.36. The summed E-state index contributed by atoms with van der Waals surface area (Å²) < 4.78 is 0. The van der Waals surface area contributed by atoms with Crippen LogP contribution in [0.2, 0.25) is 0 Å². The maximum Gasteiger partial charge on any atom is 0.159 e. The van der Waals surface area contributed by atoms with E-state index in [2.05, 4.69) is 19.7 Å². The molecule has 21 heavy (non-hydrogen) atoms. The monoisotopic (exact) mass is 290 g/mol. The lowest BCUT2D eigenvalue weighted by Gasteiger charge is -2.36. The number of hydrogen-bond acceptors (Lipinski definition) is 3. The maximum atomic E-state index is 11.0. The molecule has 3 heteroatoms. The summed E-state index contributed by atoms with van der Waals surface area (Å²) >= 11 is 0. The average molecular weight is 290 g/mol. The summed E-state index contributed by atoms with van der Waals surface area (Å²) in [6.45, 7) is 17.0. The van der Waals surface area contributed by atoms with Gasteiger partial charge in [-0.3, -0.25) is 0 Å². The van der Waals surface area contributed by atoms with Crippen molar-refractivity contribution < 1.29 is 15.3 Å². The number of aliphatic hydroxyl groups is 3. The van der Waals surface area contributed by atoms with Crippen LogP contribution in [-0.4, -0.2) is 20.9 Å². The SMILES string of the molecule is C=C(C)CC1=C(O)C(O)=C(CC(=C)C)C(O)(CC(=C)C)C1. The Labute approximate surface area is 127 Å². The van der Waals surface area contributed by atoms with E-state index < -0.39 is 5.60 Å². The van der Waals surface area contributed by atoms with E-state index >= 15 is 0 Å². The molecular weight excluding hydrogens is 264 g/mol. The number of hydrogen-bond donors (Lipinski definition) is 3. The van der Waals surface area contributed by atoms with Crippen LogP contribution in [0.3, 0.4) is 0 Å². The van der Waals surface area contributed by atoms with Gasteiger partial charge in [0.1, 0.15) is 0 Å². The molecule has 0 heterocycles.